The second-order valence-electron chi connectivity index (χ2n) is 6.22. The Kier molecular flexibility index (Phi) is 3.76. The van der Waals surface area contributed by atoms with Gasteiger partial charge in [-0.05, 0) is 0 Å². The maximum absolute atomic E-state index is 11.3. The molecule has 0 aromatic rings. The van der Waals surface area contributed by atoms with Gasteiger partial charge in [0.15, 0.2) is 18.1 Å². The number of carbonyl (C=O) groups is 2. The Balaban J connectivity index is 2.04. The third-order valence-corrected chi connectivity index (χ3v) is 4.59. The molecular formula is C13H21N6O6+. The molecule has 0 aliphatic carbocycles. The fourth-order valence-corrected chi connectivity index (χ4v) is 3.64. The highest BCUT2D eigenvalue weighted by atomic mass is 16.6. The van der Waals surface area contributed by atoms with Gasteiger partial charge >= 0.3 is 17.9 Å². The van der Waals surface area contributed by atoms with Crippen molar-refractivity contribution in [3.8, 4) is 0 Å². The number of esters is 2. The fraction of sp³-hybridized carbons (Fsp3) is 0.692. The first-order valence-corrected chi connectivity index (χ1v) is 7.63. The summed E-state index contributed by atoms with van der Waals surface area (Å²) in [5.41, 5.74) is 10.1. The molecule has 0 saturated carbocycles. The number of hydrogen-bond acceptors (Lipinski definition) is 11. The van der Waals surface area contributed by atoms with Crippen LogP contribution in [0.25, 0.3) is 0 Å². The van der Waals surface area contributed by atoms with Crippen molar-refractivity contribution in [3.63, 3.8) is 0 Å². The van der Waals surface area contributed by atoms with E-state index in [2.05, 4.69) is 15.6 Å². The Hall–Kier alpha value is -2.60. The lowest BCUT2D eigenvalue weighted by atomic mass is 9.86. The molecule has 3 heterocycles. The maximum atomic E-state index is 11.3. The van der Waals surface area contributed by atoms with E-state index in [4.69, 9.17) is 20.9 Å². The first-order valence-electron chi connectivity index (χ1n) is 7.63. The summed E-state index contributed by atoms with van der Waals surface area (Å²) in [6.45, 7) is 2.18. The fourth-order valence-electron chi connectivity index (χ4n) is 3.64. The smallest absolute Gasteiger partial charge is 0.346 e. The van der Waals surface area contributed by atoms with E-state index in [1.807, 2.05) is 0 Å². The highest BCUT2D eigenvalue weighted by Gasteiger charge is 2.76. The normalized spacial score (nSPS) is 35.0. The molecule has 3 aliphatic heterocycles. The second kappa shape index (κ2) is 5.46. The van der Waals surface area contributed by atoms with Gasteiger partial charge in [-0.1, -0.05) is 0 Å². The number of aliphatic imine (C=N–C) groups is 1. The highest BCUT2D eigenvalue weighted by molar-refractivity contribution is 5.83. The highest BCUT2D eigenvalue weighted by Crippen LogP contribution is 2.42. The van der Waals surface area contributed by atoms with Crippen LogP contribution in [0.2, 0.25) is 0 Å². The predicted octanol–water partition coefficient (Wildman–Crippen LogP) is -4.54. The van der Waals surface area contributed by atoms with Crippen molar-refractivity contribution in [2.24, 2.45) is 16.5 Å². The minimum absolute atomic E-state index is 0.0460. The molecule has 1 fully saturated rings. The summed E-state index contributed by atoms with van der Waals surface area (Å²) in [6.07, 6.45) is -1.30. The molecule has 12 heteroatoms. The van der Waals surface area contributed by atoms with E-state index >= 15 is 0 Å². The van der Waals surface area contributed by atoms with E-state index in [0.29, 0.717) is 0 Å². The van der Waals surface area contributed by atoms with Crippen molar-refractivity contribution in [3.05, 3.63) is 0 Å². The number of aliphatic hydroxyl groups is 2. The summed E-state index contributed by atoms with van der Waals surface area (Å²) in [5, 5.41) is 27.3. The van der Waals surface area contributed by atoms with Crippen LogP contribution in [0.15, 0.2) is 4.99 Å². The molecule has 0 radical (unpaired) electrons. The van der Waals surface area contributed by atoms with Gasteiger partial charge in [-0.3, -0.25) is 20.6 Å². The molecule has 25 heavy (non-hydrogen) atoms. The molecular weight excluding hydrogens is 336 g/mol. The van der Waals surface area contributed by atoms with Gasteiger partial charge in [0.25, 0.3) is 5.79 Å². The number of rotatable bonds is 3. The van der Waals surface area contributed by atoms with E-state index in [1.165, 1.54) is 11.5 Å². The Morgan fingerprint density at radius 1 is 1.36 bits per heavy atom. The van der Waals surface area contributed by atoms with Crippen LogP contribution in [0.1, 0.15) is 13.8 Å². The number of guanidine groups is 2. The average molecular weight is 357 g/mol. The minimum atomic E-state index is -2.56. The van der Waals surface area contributed by atoms with Gasteiger partial charge in [0.1, 0.15) is 19.2 Å². The first kappa shape index (κ1) is 17.2. The predicted molar refractivity (Wildman–Crippen MR) is 81.9 cm³/mol. The number of nitrogens with one attached hydrogen (secondary N) is 2. The SMILES string of the molecule is CC(=O)OC[C@@H]1NC(N)=[N+]2C[C@@H](OC(C)=O)C(O)(O)[C@@]23NC(N)=N[C@@H]13. The average Bonchev–Trinajstić information content (AvgIpc) is 2.94. The summed E-state index contributed by atoms with van der Waals surface area (Å²) in [6, 6.07) is -1.56. The van der Waals surface area contributed by atoms with Gasteiger partial charge in [-0.2, -0.15) is 0 Å². The largest absolute Gasteiger partial charge is 0.462 e. The van der Waals surface area contributed by atoms with E-state index in [0.717, 1.165) is 6.92 Å². The Bertz CT molecular complexity index is 690. The number of nitrogens with two attached hydrogens (primary N) is 2. The van der Waals surface area contributed by atoms with Crippen LogP contribution < -0.4 is 22.1 Å². The molecule has 138 valence electrons. The Labute approximate surface area is 142 Å². The Morgan fingerprint density at radius 2 is 2.04 bits per heavy atom. The van der Waals surface area contributed by atoms with Crippen LogP contribution in [0.3, 0.4) is 0 Å². The Morgan fingerprint density at radius 3 is 2.64 bits per heavy atom. The van der Waals surface area contributed by atoms with E-state index in [1.54, 1.807) is 0 Å². The lowest BCUT2D eigenvalue weighted by molar-refractivity contribution is -0.623. The zero-order valence-corrected chi connectivity index (χ0v) is 13.7. The van der Waals surface area contributed by atoms with Gasteiger partial charge in [-0.15, -0.1) is 0 Å². The van der Waals surface area contributed by atoms with Gasteiger partial charge in [0.05, 0.1) is 0 Å². The van der Waals surface area contributed by atoms with E-state index in [-0.39, 0.29) is 25.1 Å². The number of ether oxygens (including phenoxy) is 2. The van der Waals surface area contributed by atoms with E-state index < -0.39 is 41.6 Å². The summed E-state index contributed by atoms with van der Waals surface area (Å²) in [4.78, 5) is 26.6. The van der Waals surface area contributed by atoms with Crippen molar-refractivity contribution < 1.29 is 33.9 Å². The summed E-state index contributed by atoms with van der Waals surface area (Å²) >= 11 is 0. The standard InChI is InChI=1S/C13H20N6O6/c1-5(20)24-4-7-9-12(18-10(14)17-9)13(22,23)8(25-6(2)21)3-19(12)11(15)16-7/h7-9,22-23H,3-4H2,1-2H3,(H5,14,15,16,17,18)/p+1/t7-,8+,9-,12-/m0/s1. The van der Waals surface area contributed by atoms with Crippen LogP contribution in [0.4, 0.5) is 0 Å². The molecule has 0 bridgehead atoms. The number of hydrogen-bond donors (Lipinski definition) is 6. The number of carbonyl (C=O) groups excluding carboxylic acids is 2. The van der Waals surface area contributed by atoms with Crippen LogP contribution in [0.5, 0.6) is 0 Å². The zero-order valence-electron chi connectivity index (χ0n) is 13.7. The quantitative estimate of drug-likeness (QED) is 0.163. The second-order valence-corrected chi connectivity index (χ2v) is 6.22. The molecule has 1 spiro atoms. The monoisotopic (exact) mass is 357 g/mol. The third-order valence-electron chi connectivity index (χ3n) is 4.59. The summed E-state index contributed by atoms with van der Waals surface area (Å²) < 4.78 is 11.4. The van der Waals surface area contributed by atoms with Crippen LogP contribution in [0, 0.1) is 0 Å². The summed E-state index contributed by atoms with van der Waals surface area (Å²) in [5.74, 6) is -3.72. The molecule has 0 aromatic carbocycles. The topological polar surface area (TPSA) is 185 Å². The van der Waals surface area contributed by atoms with Crippen LogP contribution in [-0.4, -0.2) is 81.4 Å². The van der Waals surface area contributed by atoms with Crippen molar-refractivity contribution >= 4 is 23.9 Å². The van der Waals surface area contributed by atoms with Crippen LogP contribution in [-0.2, 0) is 19.1 Å². The van der Waals surface area contributed by atoms with Gasteiger partial charge < -0.3 is 30.7 Å². The van der Waals surface area contributed by atoms with Gasteiger partial charge in [0, 0.05) is 13.8 Å². The van der Waals surface area contributed by atoms with Crippen molar-refractivity contribution in [2.45, 2.75) is 43.5 Å². The molecule has 8 N–H and O–H groups in total. The molecule has 12 nitrogen and oxygen atoms in total. The zero-order chi connectivity index (χ0) is 18.6. The first-order chi connectivity index (χ1) is 11.6. The van der Waals surface area contributed by atoms with Crippen molar-refractivity contribution in [1.82, 2.24) is 10.6 Å². The van der Waals surface area contributed by atoms with Crippen LogP contribution >= 0.6 is 0 Å². The van der Waals surface area contributed by atoms with Gasteiger partial charge in [-0.25, -0.2) is 9.57 Å². The third kappa shape index (κ3) is 2.36. The maximum Gasteiger partial charge on any atom is 0.346 e. The molecule has 1 saturated heterocycles. The molecule has 0 aromatic heterocycles. The van der Waals surface area contributed by atoms with E-state index in [9.17, 15) is 19.8 Å². The summed E-state index contributed by atoms with van der Waals surface area (Å²) in [7, 11) is 0. The lowest BCUT2D eigenvalue weighted by Crippen LogP contribution is -2.78. The van der Waals surface area contributed by atoms with Gasteiger partial charge in [0.2, 0.25) is 5.66 Å². The molecule has 3 aliphatic rings. The number of nitrogens with zero attached hydrogens (tertiary/aromatic N) is 2. The molecule has 0 unspecified atom stereocenters. The van der Waals surface area contributed by atoms with Crippen molar-refractivity contribution in [1.29, 1.82) is 0 Å². The van der Waals surface area contributed by atoms with Crippen molar-refractivity contribution in [2.75, 3.05) is 13.2 Å². The molecule has 3 rings (SSSR count). The molecule has 0 amide bonds. The minimum Gasteiger partial charge on any atom is -0.462 e. The lowest BCUT2D eigenvalue weighted by Gasteiger charge is -2.43. The molecule has 4 atom stereocenters.